The monoisotopic (exact) mass is 266 g/mol. The van der Waals surface area contributed by atoms with Gasteiger partial charge in [0.25, 0.3) is 5.91 Å². The maximum atomic E-state index is 12.4. The minimum Gasteiger partial charge on any atom is -0.398 e. The van der Waals surface area contributed by atoms with Crippen molar-refractivity contribution in [1.29, 1.82) is 0 Å². The van der Waals surface area contributed by atoms with Gasteiger partial charge in [0.15, 0.2) is 0 Å². The third-order valence-electron chi connectivity index (χ3n) is 3.72. The first-order valence-electron chi connectivity index (χ1n) is 6.46. The maximum absolute atomic E-state index is 12.4. The Kier molecular flexibility index (Phi) is 4.12. The van der Waals surface area contributed by atoms with Crippen LogP contribution >= 0.6 is 11.6 Å². The molecule has 2 N–H and O–H groups in total. The van der Waals surface area contributed by atoms with Gasteiger partial charge in [0.05, 0.1) is 5.56 Å². The van der Waals surface area contributed by atoms with Gasteiger partial charge in [0.1, 0.15) is 0 Å². The number of carbonyl (C=O) groups excluding carboxylic acids is 1. The second-order valence-corrected chi connectivity index (χ2v) is 5.31. The number of rotatable bonds is 2. The largest absolute Gasteiger partial charge is 0.398 e. The lowest BCUT2D eigenvalue weighted by Gasteiger charge is -2.31. The first-order chi connectivity index (χ1) is 8.61. The Labute approximate surface area is 113 Å². The van der Waals surface area contributed by atoms with Crippen molar-refractivity contribution >= 4 is 23.2 Å². The molecule has 4 heteroatoms. The van der Waals surface area contributed by atoms with Crippen molar-refractivity contribution in [3.8, 4) is 0 Å². The first kappa shape index (κ1) is 13.2. The molecular weight excluding hydrogens is 248 g/mol. The third-order valence-corrected chi connectivity index (χ3v) is 3.96. The summed E-state index contributed by atoms with van der Waals surface area (Å²) in [6.07, 6.45) is 3.37. The van der Waals surface area contributed by atoms with Crippen molar-refractivity contribution in [3.63, 3.8) is 0 Å². The molecule has 0 bridgehead atoms. The van der Waals surface area contributed by atoms with E-state index in [0.717, 1.165) is 31.8 Å². The minimum absolute atomic E-state index is 0.00422. The van der Waals surface area contributed by atoms with Crippen LogP contribution in [0.15, 0.2) is 18.2 Å². The van der Waals surface area contributed by atoms with Crippen LogP contribution in [0.3, 0.4) is 0 Å². The molecule has 1 amide bonds. The molecule has 0 saturated carbocycles. The zero-order valence-electron chi connectivity index (χ0n) is 10.7. The van der Waals surface area contributed by atoms with Gasteiger partial charge < -0.3 is 10.6 Å². The van der Waals surface area contributed by atoms with Crippen LogP contribution in [0, 0.1) is 5.92 Å². The summed E-state index contributed by atoms with van der Waals surface area (Å²) in [6, 6.07) is 5.05. The maximum Gasteiger partial charge on any atom is 0.255 e. The molecule has 1 aliphatic rings. The number of nitrogens with zero attached hydrogens (tertiary/aromatic N) is 1. The number of nitrogen functional groups attached to an aromatic ring is 1. The van der Waals surface area contributed by atoms with Crippen molar-refractivity contribution in [2.24, 2.45) is 5.92 Å². The van der Waals surface area contributed by atoms with Gasteiger partial charge in [-0.1, -0.05) is 24.9 Å². The Morgan fingerprint density at radius 2 is 2.11 bits per heavy atom. The van der Waals surface area contributed by atoms with E-state index in [4.69, 9.17) is 17.3 Å². The lowest BCUT2D eigenvalue weighted by molar-refractivity contribution is 0.0690. The van der Waals surface area contributed by atoms with Gasteiger partial charge >= 0.3 is 0 Å². The molecule has 1 heterocycles. The van der Waals surface area contributed by atoms with Crippen LogP contribution in [0.25, 0.3) is 0 Å². The van der Waals surface area contributed by atoms with Gasteiger partial charge in [0, 0.05) is 23.8 Å². The van der Waals surface area contributed by atoms with Gasteiger partial charge in [-0.3, -0.25) is 4.79 Å². The van der Waals surface area contributed by atoms with Gasteiger partial charge in [-0.2, -0.15) is 0 Å². The van der Waals surface area contributed by atoms with Crippen molar-refractivity contribution < 1.29 is 4.79 Å². The highest BCUT2D eigenvalue weighted by molar-refractivity contribution is 6.31. The molecule has 1 saturated heterocycles. The summed E-state index contributed by atoms with van der Waals surface area (Å²) in [5.41, 5.74) is 6.87. The normalized spacial score (nSPS) is 16.9. The van der Waals surface area contributed by atoms with E-state index in [1.54, 1.807) is 18.2 Å². The summed E-state index contributed by atoms with van der Waals surface area (Å²) in [5, 5.41) is 0.552. The molecule has 0 unspecified atom stereocenters. The SMILES string of the molecule is CCC1CCN(C(=O)c2cc(Cl)ccc2N)CC1. The number of likely N-dealkylation sites (tertiary alicyclic amines) is 1. The summed E-state index contributed by atoms with van der Waals surface area (Å²) in [4.78, 5) is 14.2. The number of halogens is 1. The minimum atomic E-state index is 0.00422. The average Bonchev–Trinajstić information content (AvgIpc) is 2.41. The summed E-state index contributed by atoms with van der Waals surface area (Å²) < 4.78 is 0. The Morgan fingerprint density at radius 1 is 1.44 bits per heavy atom. The molecule has 1 aromatic carbocycles. The lowest BCUT2D eigenvalue weighted by atomic mass is 9.94. The molecule has 0 aromatic heterocycles. The number of amides is 1. The summed E-state index contributed by atoms with van der Waals surface area (Å²) >= 11 is 5.92. The molecule has 2 rings (SSSR count). The Balaban J connectivity index is 2.10. The van der Waals surface area contributed by atoms with E-state index in [2.05, 4.69) is 6.92 Å². The van der Waals surface area contributed by atoms with E-state index in [1.807, 2.05) is 4.90 Å². The molecule has 0 aliphatic carbocycles. The average molecular weight is 267 g/mol. The molecule has 3 nitrogen and oxygen atoms in total. The zero-order valence-corrected chi connectivity index (χ0v) is 11.4. The summed E-state index contributed by atoms with van der Waals surface area (Å²) in [7, 11) is 0. The number of anilines is 1. The molecule has 0 atom stereocenters. The van der Waals surface area contributed by atoms with Crippen LogP contribution in [-0.4, -0.2) is 23.9 Å². The lowest BCUT2D eigenvalue weighted by Crippen LogP contribution is -2.38. The number of nitrogens with two attached hydrogens (primary N) is 1. The Hall–Kier alpha value is -1.22. The molecule has 18 heavy (non-hydrogen) atoms. The quantitative estimate of drug-likeness (QED) is 0.836. The molecule has 0 spiro atoms. The molecular formula is C14H19ClN2O. The van der Waals surface area contributed by atoms with Crippen LogP contribution in [0.5, 0.6) is 0 Å². The van der Waals surface area contributed by atoms with Crippen LogP contribution in [0.2, 0.25) is 5.02 Å². The van der Waals surface area contributed by atoms with Gasteiger partial charge in [-0.25, -0.2) is 0 Å². The second kappa shape index (κ2) is 5.61. The second-order valence-electron chi connectivity index (χ2n) is 4.88. The van der Waals surface area contributed by atoms with Gasteiger partial charge in [-0.05, 0) is 37.0 Å². The van der Waals surface area contributed by atoms with Gasteiger partial charge in [0.2, 0.25) is 0 Å². The first-order valence-corrected chi connectivity index (χ1v) is 6.84. The number of hydrogen-bond donors (Lipinski definition) is 1. The van der Waals surface area contributed by atoms with E-state index in [1.165, 1.54) is 6.42 Å². The Bertz CT molecular complexity index is 439. The molecule has 1 aliphatic heterocycles. The fraction of sp³-hybridized carbons (Fsp3) is 0.500. The van der Waals surface area contributed by atoms with Crippen molar-refractivity contribution in [2.75, 3.05) is 18.8 Å². The fourth-order valence-corrected chi connectivity index (χ4v) is 2.60. The molecule has 98 valence electrons. The van der Waals surface area contributed by atoms with E-state index >= 15 is 0 Å². The molecule has 1 aromatic rings. The van der Waals surface area contributed by atoms with Crippen molar-refractivity contribution in [1.82, 2.24) is 4.90 Å². The summed E-state index contributed by atoms with van der Waals surface area (Å²) in [5.74, 6) is 0.760. The predicted molar refractivity (Wildman–Crippen MR) is 74.8 cm³/mol. The van der Waals surface area contributed by atoms with Crippen LogP contribution < -0.4 is 5.73 Å². The van der Waals surface area contributed by atoms with Crippen molar-refractivity contribution in [3.05, 3.63) is 28.8 Å². The zero-order chi connectivity index (χ0) is 13.1. The van der Waals surface area contributed by atoms with E-state index in [9.17, 15) is 4.79 Å². The number of hydrogen-bond acceptors (Lipinski definition) is 2. The van der Waals surface area contributed by atoms with E-state index < -0.39 is 0 Å². The fourth-order valence-electron chi connectivity index (χ4n) is 2.43. The number of carbonyl (C=O) groups is 1. The van der Waals surface area contributed by atoms with Crippen LogP contribution in [0.1, 0.15) is 36.5 Å². The van der Waals surface area contributed by atoms with Crippen LogP contribution in [-0.2, 0) is 0 Å². The predicted octanol–water partition coefficient (Wildman–Crippen LogP) is 3.18. The third kappa shape index (κ3) is 2.78. The molecule has 1 fully saturated rings. The highest BCUT2D eigenvalue weighted by atomic mass is 35.5. The van der Waals surface area contributed by atoms with Gasteiger partial charge in [-0.15, -0.1) is 0 Å². The number of piperidine rings is 1. The topological polar surface area (TPSA) is 46.3 Å². The Morgan fingerprint density at radius 3 is 2.72 bits per heavy atom. The smallest absolute Gasteiger partial charge is 0.255 e. The summed E-state index contributed by atoms with van der Waals surface area (Å²) in [6.45, 7) is 3.85. The van der Waals surface area contributed by atoms with Crippen LogP contribution in [0.4, 0.5) is 5.69 Å². The van der Waals surface area contributed by atoms with E-state index in [0.29, 0.717) is 16.3 Å². The standard InChI is InChI=1S/C14H19ClN2O/c1-2-10-5-7-17(8-6-10)14(18)12-9-11(15)3-4-13(12)16/h3-4,9-10H,2,5-8,16H2,1H3. The van der Waals surface area contributed by atoms with Crippen molar-refractivity contribution in [2.45, 2.75) is 26.2 Å². The highest BCUT2D eigenvalue weighted by Gasteiger charge is 2.23. The van der Waals surface area contributed by atoms with E-state index in [-0.39, 0.29) is 5.91 Å². The highest BCUT2D eigenvalue weighted by Crippen LogP contribution is 2.24. The number of benzene rings is 1. The molecule has 0 radical (unpaired) electrons.